The highest BCUT2D eigenvalue weighted by atomic mass is 32.1. The van der Waals surface area contributed by atoms with Crippen LogP contribution in [0.15, 0.2) is 17.8 Å². The van der Waals surface area contributed by atoms with Crippen LogP contribution in [0.5, 0.6) is 0 Å². The Balaban J connectivity index is 1.67. The van der Waals surface area contributed by atoms with Gasteiger partial charge in [-0.3, -0.25) is 9.48 Å². The van der Waals surface area contributed by atoms with Crippen LogP contribution in [0, 0.1) is 0 Å². The number of thiazole rings is 1. The number of carbonyl (C=O) groups is 1. The zero-order valence-corrected chi connectivity index (χ0v) is 14.4. The van der Waals surface area contributed by atoms with E-state index in [-0.39, 0.29) is 12.0 Å². The largest absolute Gasteiger partial charge is 0.376 e. The van der Waals surface area contributed by atoms with E-state index in [0.29, 0.717) is 12.2 Å². The first-order valence-corrected chi connectivity index (χ1v) is 8.90. The fraction of sp³-hybridized carbons (Fsp3) is 0.562. The number of nitrogens with zero attached hydrogens (tertiary/aromatic N) is 4. The van der Waals surface area contributed by atoms with Gasteiger partial charge in [0.25, 0.3) is 5.91 Å². The van der Waals surface area contributed by atoms with Crippen LogP contribution in [-0.4, -0.2) is 51.4 Å². The minimum Gasteiger partial charge on any atom is -0.376 e. The molecule has 1 fully saturated rings. The van der Waals surface area contributed by atoms with E-state index in [2.05, 4.69) is 17.0 Å². The maximum absolute atomic E-state index is 12.7. The molecule has 0 aliphatic carbocycles. The molecule has 1 atom stereocenters. The van der Waals surface area contributed by atoms with E-state index in [1.807, 2.05) is 23.5 Å². The summed E-state index contributed by atoms with van der Waals surface area (Å²) in [5.41, 5.74) is 1.46. The second-order valence-electron chi connectivity index (χ2n) is 5.83. The summed E-state index contributed by atoms with van der Waals surface area (Å²) < 4.78 is 7.54. The highest BCUT2D eigenvalue weighted by Crippen LogP contribution is 2.24. The third kappa shape index (κ3) is 3.79. The minimum atomic E-state index is 0.00110. The van der Waals surface area contributed by atoms with Crippen LogP contribution < -0.4 is 0 Å². The molecule has 124 valence electrons. The first-order valence-electron chi connectivity index (χ1n) is 8.02. The fourth-order valence-corrected chi connectivity index (χ4v) is 3.51. The Kier molecular flexibility index (Phi) is 5.07. The van der Waals surface area contributed by atoms with E-state index in [1.54, 1.807) is 10.9 Å². The number of rotatable bonds is 5. The third-order valence-electron chi connectivity index (χ3n) is 3.90. The van der Waals surface area contributed by atoms with E-state index in [0.717, 1.165) is 43.0 Å². The Hall–Kier alpha value is -1.73. The first-order chi connectivity index (χ1) is 11.2. The van der Waals surface area contributed by atoms with Gasteiger partial charge in [-0.15, -0.1) is 11.3 Å². The Morgan fingerprint density at radius 2 is 2.39 bits per heavy atom. The normalized spacial score (nSPS) is 18.3. The van der Waals surface area contributed by atoms with E-state index in [4.69, 9.17) is 4.74 Å². The van der Waals surface area contributed by atoms with Crippen molar-refractivity contribution in [2.75, 3.05) is 19.7 Å². The molecule has 0 bridgehead atoms. The van der Waals surface area contributed by atoms with Crippen molar-refractivity contribution in [2.24, 2.45) is 7.05 Å². The number of likely N-dealkylation sites (tertiary alicyclic amines) is 1. The standard InChI is InChI=1S/C16H22N4O2S/c1-3-7-22-13-5-4-6-20(10-13)16(21)14-11-23-15(18-14)12-8-17-19(2)9-12/h8-9,11,13H,3-7,10H2,1-2H3/t13-/m1/s1. The molecule has 1 aliphatic heterocycles. The molecule has 0 unspecified atom stereocenters. The molecule has 7 heteroatoms. The van der Waals surface area contributed by atoms with Crippen LogP contribution >= 0.6 is 11.3 Å². The fourth-order valence-electron chi connectivity index (χ4n) is 2.74. The topological polar surface area (TPSA) is 60.2 Å². The average molecular weight is 334 g/mol. The van der Waals surface area contributed by atoms with Crippen molar-refractivity contribution in [3.63, 3.8) is 0 Å². The summed E-state index contributed by atoms with van der Waals surface area (Å²) in [7, 11) is 1.87. The van der Waals surface area contributed by atoms with Gasteiger partial charge in [0.1, 0.15) is 10.7 Å². The molecule has 1 amide bonds. The molecule has 3 heterocycles. The number of hydrogen-bond donors (Lipinski definition) is 0. The molecule has 0 spiro atoms. The Bertz CT molecular complexity index is 667. The van der Waals surface area contributed by atoms with Crippen molar-refractivity contribution in [3.8, 4) is 10.6 Å². The van der Waals surface area contributed by atoms with Gasteiger partial charge in [0.05, 0.1) is 12.3 Å². The molecular formula is C16H22N4O2S. The maximum Gasteiger partial charge on any atom is 0.273 e. The molecule has 1 aliphatic rings. The Morgan fingerprint density at radius 1 is 1.52 bits per heavy atom. The van der Waals surface area contributed by atoms with Crippen molar-refractivity contribution >= 4 is 17.2 Å². The van der Waals surface area contributed by atoms with Gasteiger partial charge in [-0.25, -0.2) is 4.98 Å². The van der Waals surface area contributed by atoms with Gasteiger partial charge in [-0.2, -0.15) is 5.10 Å². The zero-order valence-electron chi connectivity index (χ0n) is 13.6. The molecule has 2 aromatic heterocycles. The summed E-state index contributed by atoms with van der Waals surface area (Å²) in [5, 5.41) is 6.81. The Morgan fingerprint density at radius 3 is 3.13 bits per heavy atom. The lowest BCUT2D eigenvalue weighted by atomic mass is 10.1. The maximum atomic E-state index is 12.7. The smallest absolute Gasteiger partial charge is 0.273 e. The predicted molar refractivity (Wildman–Crippen MR) is 89.5 cm³/mol. The quantitative estimate of drug-likeness (QED) is 0.843. The number of piperidine rings is 1. The van der Waals surface area contributed by atoms with Crippen LogP contribution in [0.1, 0.15) is 36.7 Å². The molecule has 2 aromatic rings. The first kappa shape index (κ1) is 16.1. The predicted octanol–water partition coefficient (Wildman–Crippen LogP) is 2.57. The Labute approximate surface area is 140 Å². The van der Waals surface area contributed by atoms with E-state index in [9.17, 15) is 4.79 Å². The summed E-state index contributed by atoms with van der Waals surface area (Å²) in [4.78, 5) is 19.0. The van der Waals surface area contributed by atoms with E-state index < -0.39 is 0 Å². The molecule has 3 rings (SSSR count). The highest BCUT2D eigenvalue weighted by molar-refractivity contribution is 7.13. The molecule has 0 radical (unpaired) electrons. The number of ether oxygens (including phenoxy) is 1. The molecule has 6 nitrogen and oxygen atoms in total. The number of amides is 1. The summed E-state index contributed by atoms with van der Waals surface area (Å²) in [6.45, 7) is 4.30. The third-order valence-corrected chi connectivity index (χ3v) is 4.79. The van der Waals surface area contributed by atoms with Crippen LogP contribution in [0.25, 0.3) is 10.6 Å². The lowest BCUT2D eigenvalue weighted by Gasteiger charge is -2.32. The summed E-state index contributed by atoms with van der Waals surface area (Å²) in [6, 6.07) is 0. The molecule has 0 aromatic carbocycles. The van der Waals surface area contributed by atoms with E-state index >= 15 is 0 Å². The van der Waals surface area contributed by atoms with Crippen molar-refractivity contribution in [1.82, 2.24) is 19.7 Å². The van der Waals surface area contributed by atoms with Crippen LogP contribution in [0.3, 0.4) is 0 Å². The van der Waals surface area contributed by atoms with Gasteiger partial charge < -0.3 is 9.64 Å². The van der Waals surface area contributed by atoms with Gasteiger partial charge in [0.2, 0.25) is 0 Å². The van der Waals surface area contributed by atoms with Crippen LogP contribution in [0.2, 0.25) is 0 Å². The molecule has 23 heavy (non-hydrogen) atoms. The lowest BCUT2D eigenvalue weighted by molar-refractivity contribution is 0.00195. The lowest BCUT2D eigenvalue weighted by Crippen LogP contribution is -2.43. The van der Waals surface area contributed by atoms with Crippen molar-refractivity contribution in [3.05, 3.63) is 23.5 Å². The average Bonchev–Trinajstić information content (AvgIpc) is 3.21. The van der Waals surface area contributed by atoms with Gasteiger partial charge >= 0.3 is 0 Å². The molecule has 0 N–H and O–H groups in total. The minimum absolute atomic E-state index is 0.00110. The number of carbonyl (C=O) groups excluding carboxylic acids is 1. The summed E-state index contributed by atoms with van der Waals surface area (Å²) >= 11 is 1.48. The van der Waals surface area contributed by atoms with Crippen molar-refractivity contribution < 1.29 is 9.53 Å². The summed E-state index contributed by atoms with van der Waals surface area (Å²) in [6.07, 6.45) is 6.85. The van der Waals surface area contributed by atoms with Gasteiger partial charge in [0.15, 0.2) is 0 Å². The second-order valence-corrected chi connectivity index (χ2v) is 6.68. The van der Waals surface area contributed by atoms with Crippen LogP contribution in [0.4, 0.5) is 0 Å². The molecule has 0 saturated carbocycles. The number of hydrogen-bond acceptors (Lipinski definition) is 5. The summed E-state index contributed by atoms with van der Waals surface area (Å²) in [5.74, 6) is 0.00110. The SMILES string of the molecule is CCCO[C@@H]1CCCN(C(=O)c2csc(-c3cnn(C)c3)n2)C1. The van der Waals surface area contributed by atoms with E-state index in [1.165, 1.54) is 11.3 Å². The highest BCUT2D eigenvalue weighted by Gasteiger charge is 2.26. The van der Waals surface area contributed by atoms with Gasteiger partial charge in [-0.1, -0.05) is 6.92 Å². The van der Waals surface area contributed by atoms with Gasteiger partial charge in [-0.05, 0) is 19.3 Å². The second kappa shape index (κ2) is 7.23. The number of aromatic nitrogens is 3. The monoisotopic (exact) mass is 334 g/mol. The van der Waals surface area contributed by atoms with Crippen molar-refractivity contribution in [2.45, 2.75) is 32.3 Å². The zero-order chi connectivity index (χ0) is 16.2. The van der Waals surface area contributed by atoms with Crippen molar-refractivity contribution in [1.29, 1.82) is 0 Å². The van der Waals surface area contributed by atoms with Gasteiger partial charge in [0, 0.05) is 43.9 Å². The number of aryl methyl sites for hydroxylation is 1. The molecule has 1 saturated heterocycles. The van der Waals surface area contributed by atoms with Crippen LogP contribution in [-0.2, 0) is 11.8 Å². The molecular weight excluding hydrogens is 312 g/mol.